The summed E-state index contributed by atoms with van der Waals surface area (Å²) in [6.07, 6.45) is -4.69. The van der Waals surface area contributed by atoms with Gasteiger partial charge in [0.25, 0.3) is 0 Å². The Morgan fingerprint density at radius 1 is 0.794 bits per heavy atom. The number of aliphatic hydroxyl groups excluding tert-OH is 2. The topological polar surface area (TPSA) is 220 Å². The van der Waals surface area contributed by atoms with Gasteiger partial charge in [0, 0.05) is 70.7 Å². The summed E-state index contributed by atoms with van der Waals surface area (Å²) in [6.45, 7) is 17.2. The lowest BCUT2D eigenvalue weighted by atomic mass is 9.75. The first-order chi connectivity index (χ1) is 29.4. The molecule has 0 bridgehead atoms. The Morgan fingerprint density at radius 2 is 1.49 bits per heavy atom. The van der Waals surface area contributed by atoms with E-state index in [1.165, 1.54) is 14.0 Å². The van der Waals surface area contributed by atoms with Crippen LogP contribution in [0.5, 0.6) is 0 Å². The molecule has 7 rings (SSSR count). The van der Waals surface area contributed by atoms with Crippen molar-refractivity contribution in [1.29, 1.82) is 0 Å². The third-order valence-corrected chi connectivity index (χ3v) is 16.5. The number of aliphatic carboxylic acids is 1. The first-order valence-corrected chi connectivity index (χ1v) is 23.4. The van der Waals surface area contributed by atoms with Crippen LogP contribution in [-0.4, -0.2) is 167 Å². The Morgan fingerprint density at radius 3 is 2.14 bits per heavy atom. The number of aliphatic hydroxyl groups is 4. The van der Waals surface area contributed by atoms with E-state index in [0.29, 0.717) is 38.5 Å². The third kappa shape index (κ3) is 9.39. The molecule has 364 valence electrons. The van der Waals surface area contributed by atoms with E-state index in [2.05, 4.69) is 13.8 Å². The molecule has 5 N–H and O–H groups in total. The summed E-state index contributed by atoms with van der Waals surface area (Å²) < 4.78 is 71.5. The molecule has 17 heteroatoms. The highest BCUT2D eigenvalue weighted by Crippen LogP contribution is 2.54. The number of hydrogen-bond acceptors (Lipinski definition) is 16. The molecule has 0 saturated carbocycles. The minimum Gasteiger partial charge on any atom is -0.481 e. The van der Waals surface area contributed by atoms with Crippen LogP contribution in [0.15, 0.2) is 0 Å². The molecule has 7 aliphatic heterocycles. The largest absolute Gasteiger partial charge is 0.481 e. The van der Waals surface area contributed by atoms with Gasteiger partial charge in [-0.2, -0.15) is 0 Å². The van der Waals surface area contributed by atoms with Gasteiger partial charge < -0.3 is 77.6 Å². The van der Waals surface area contributed by atoms with Crippen molar-refractivity contribution in [3.8, 4) is 0 Å². The van der Waals surface area contributed by atoms with Gasteiger partial charge in [-0.05, 0) is 59.3 Å². The van der Waals surface area contributed by atoms with Gasteiger partial charge in [-0.1, -0.05) is 34.6 Å². The number of ether oxygens (including phenoxy) is 11. The van der Waals surface area contributed by atoms with Gasteiger partial charge in [0.15, 0.2) is 23.7 Å². The maximum atomic E-state index is 11.8. The monoisotopic (exact) mass is 903 g/mol. The summed E-state index contributed by atoms with van der Waals surface area (Å²) in [7, 11) is 4.73. The van der Waals surface area contributed by atoms with E-state index in [4.69, 9.17) is 52.1 Å². The van der Waals surface area contributed by atoms with E-state index < -0.39 is 120 Å². The van der Waals surface area contributed by atoms with Crippen molar-refractivity contribution in [2.24, 2.45) is 29.6 Å². The molecule has 7 aliphatic rings. The van der Waals surface area contributed by atoms with Crippen molar-refractivity contribution in [3.63, 3.8) is 0 Å². The molecule has 7 heterocycles. The van der Waals surface area contributed by atoms with Crippen molar-refractivity contribution in [3.05, 3.63) is 0 Å². The Labute approximate surface area is 373 Å². The fraction of sp³-hybridized carbons (Fsp3) is 0.978. The van der Waals surface area contributed by atoms with E-state index in [9.17, 15) is 30.3 Å². The second-order valence-electron chi connectivity index (χ2n) is 21.1. The molecule has 63 heavy (non-hydrogen) atoms. The summed E-state index contributed by atoms with van der Waals surface area (Å²) in [5.74, 6) is -7.81. The van der Waals surface area contributed by atoms with Crippen LogP contribution >= 0.6 is 0 Å². The van der Waals surface area contributed by atoms with Crippen LogP contribution in [0, 0.1) is 29.6 Å². The van der Waals surface area contributed by atoms with Gasteiger partial charge >= 0.3 is 5.97 Å². The molecule has 7 saturated heterocycles. The number of carbonyl (C=O) groups is 1. The third-order valence-electron chi connectivity index (χ3n) is 16.5. The number of hydrogen-bond donors (Lipinski definition) is 5. The maximum Gasteiger partial charge on any atom is 0.308 e. The number of carboxylic acid groups (broad SMARTS) is 1. The molecule has 24 atom stereocenters. The summed E-state index contributed by atoms with van der Waals surface area (Å²) in [5.41, 5.74) is -1.66. The lowest BCUT2D eigenvalue weighted by molar-refractivity contribution is -0.363. The van der Waals surface area contributed by atoms with Gasteiger partial charge in [-0.3, -0.25) is 4.79 Å². The lowest BCUT2D eigenvalue weighted by Crippen LogP contribution is -2.65. The van der Waals surface area contributed by atoms with E-state index in [1.54, 1.807) is 21.1 Å². The van der Waals surface area contributed by atoms with Crippen LogP contribution in [0.2, 0.25) is 0 Å². The minimum atomic E-state index is -2.16. The molecule has 0 aromatic heterocycles. The normalized spacial score (nSPS) is 54.7. The van der Waals surface area contributed by atoms with Crippen LogP contribution in [0.3, 0.4) is 0 Å². The van der Waals surface area contributed by atoms with Crippen molar-refractivity contribution in [2.45, 2.75) is 234 Å². The number of rotatable bonds is 12. The second kappa shape index (κ2) is 18.4. The average molecular weight is 903 g/mol. The molecule has 0 amide bonds. The quantitative estimate of drug-likeness (QED) is 0.189. The Balaban J connectivity index is 1.10. The summed E-state index contributed by atoms with van der Waals surface area (Å²) >= 11 is 0. The number of methoxy groups -OCH3 is 3. The second-order valence-corrected chi connectivity index (χ2v) is 21.1. The predicted octanol–water partition coefficient (Wildman–Crippen LogP) is 3.66. The molecule has 1 spiro atoms. The Kier molecular flexibility index (Phi) is 14.5. The minimum absolute atomic E-state index is 0.0511. The number of carboxylic acids is 1. The molecule has 0 aromatic carbocycles. The van der Waals surface area contributed by atoms with Gasteiger partial charge in [-0.15, -0.1) is 0 Å². The van der Waals surface area contributed by atoms with E-state index in [-0.39, 0.29) is 42.7 Å². The molecule has 17 nitrogen and oxygen atoms in total. The fourth-order valence-corrected chi connectivity index (χ4v) is 12.3. The first-order valence-electron chi connectivity index (χ1n) is 23.4. The van der Waals surface area contributed by atoms with Gasteiger partial charge in [0.2, 0.25) is 0 Å². The Hall–Kier alpha value is -1.13. The van der Waals surface area contributed by atoms with Crippen molar-refractivity contribution in [2.75, 3.05) is 21.3 Å². The highest BCUT2D eigenvalue weighted by Gasteiger charge is 2.64. The molecule has 0 aliphatic carbocycles. The summed E-state index contributed by atoms with van der Waals surface area (Å²) in [4.78, 5) is 11.8. The zero-order valence-electron chi connectivity index (χ0n) is 39.5. The van der Waals surface area contributed by atoms with Crippen LogP contribution in [-0.2, 0) is 56.9 Å². The standard InChI is InChI=1S/C46H78O17/c1-22-17-23(2)44(9,51)60-35(22)30-19-31(58-41-38(54-11)29(53-10)18-24(3)56-41)40(57-30)43(8)14-13-32(59-43)42(7)15-16-45(63-42)20-28(47)25(4)36(61-45)26(5)37-39(55-12)34(50)27(6)46(52,62-37)21-33(48)49/h22-32,34-41,47,50-52H,13-21H2,1-12H3,(H,48,49). The van der Waals surface area contributed by atoms with Gasteiger partial charge in [0.1, 0.15) is 18.3 Å². The van der Waals surface area contributed by atoms with E-state index in [0.717, 1.165) is 6.42 Å². The zero-order chi connectivity index (χ0) is 46.2. The first kappa shape index (κ1) is 49.8. The smallest absolute Gasteiger partial charge is 0.308 e. The van der Waals surface area contributed by atoms with Crippen LogP contribution in [0.4, 0.5) is 0 Å². The zero-order valence-corrected chi connectivity index (χ0v) is 39.5. The highest BCUT2D eigenvalue weighted by molar-refractivity contribution is 5.68. The van der Waals surface area contributed by atoms with Crippen LogP contribution in [0.25, 0.3) is 0 Å². The molecular weight excluding hydrogens is 824 g/mol. The van der Waals surface area contributed by atoms with Gasteiger partial charge in [0.05, 0.1) is 78.7 Å². The lowest BCUT2D eigenvalue weighted by Gasteiger charge is -2.53. The molecular formula is C46H78O17. The fourth-order valence-electron chi connectivity index (χ4n) is 12.3. The van der Waals surface area contributed by atoms with Gasteiger partial charge in [-0.25, -0.2) is 0 Å². The Bertz CT molecular complexity index is 1590. The highest BCUT2D eigenvalue weighted by atomic mass is 16.7. The van der Waals surface area contributed by atoms with E-state index in [1.807, 2.05) is 34.6 Å². The predicted molar refractivity (Wildman–Crippen MR) is 223 cm³/mol. The van der Waals surface area contributed by atoms with Crippen molar-refractivity contribution in [1.82, 2.24) is 0 Å². The van der Waals surface area contributed by atoms with Crippen molar-refractivity contribution >= 4 is 5.97 Å². The SMILES string of the molecule is COC1CC(C)OC(OC2CC(C3OC(C)(O)C(C)CC3C)OC2C2(C)CCC(C3(C)CCC4(CC(O)C(C)C(C(C)C5OC(O)(CC(=O)O)C(C)C(O)C5OC)O4)O3)O2)C1OC. The van der Waals surface area contributed by atoms with Crippen LogP contribution < -0.4 is 0 Å². The molecule has 0 aromatic rings. The maximum absolute atomic E-state index is 11.8. The van der Waals surface area contributed by atoms with E-state index >= 15 is 0 Å². The van der Waals surface area contributed by atoms with Crippen molar-refractivity contribution < 1.29 is 82.4 Å². The van der Waals surface area contributed by atoms with Crippen LogP contribution in [0.1, 0.15) is 120 Å². The average Bonchev–Trinajstić information content (AvgIpc) is 3.92. The molecule has 24 unspecified atom stereocenters. The molecule has 7 fully saturated rings. The molecule has 0 radical (unpaired) electrons. The summed E-state index contributed by atoms with van der Waals surface area (Å²) in [6, 6.07) is 0. The summed E-state index contributed by atoms with van der Waals surface area (Å²) in [5, 5.41) is 55.2.